The highest BCUT2D eigenvalue weighted by Gasteiger charge is 2.53. The van der Waals surface area contributed by atoms with Gasteiger partial charge in [0.15, 0.2) is 0 Å². The number of esters is 1. The third kappa shape index (κ3) is 4.75. The number of rotatable bonds is 8. The minimum absolute atomic E-state index is 0.0869. The van der Waals surface area contributed by atoms with Crippen LogP contribution in [0, 0.1) is 28.6 Å². The minimum atomic E-state index is -0.699. The van der Waals surface area contributed by atoms with Gasteiger partial charge in [0.25, 0.3) is 0 Å². The largest absolute Gasteiger partial charge is 0.481 e. The number of fused-ring (bicyclic) bond motifs is 1. The zero-order valence-corrected chi connectivity index (χ0v) is 17.8. The molecule has 0 bridgehead atoms. The lowest BCUT2D eigenvalue weighted by molar-refractivity contribution is -0.143. The molecule has 0 unspecified atom stereocenters. The Morgan fingerprint density at radius 3 is 2.67 bits per heavy atom. The predicted molar refractivity (Wildman–Crippen MR) is 107 cm³/mol. The van der Waals surface area contributed by atoms with Crippen LogP contribution in [-0.2, 0) is 14.3 Å². The molecule has 0 amide bonds. The van der Waals surface area contributed by atoms with Crippen molar-refractivity contribution in [3.05, 3.63) is 11.6 Å². The Labute approximate surface area is 164 Å². The fraction of sp³-hybridized carbons (Fsp3) is 0.826. The molecule has 0 aromatic heterocycles. The molecular formula is C23H38O4. The maximum Gasteiger partial charge on any atom is 0.305 e. The summed E-state index contributed by atoms with van der Waals surface area (Å²) in [7, 11) is 0. The highest BCUT2D eigenvalue weighted by molar-refractivity contribution is 5.69. The molecule has 5 atom stereocenters. The van der Waals surface area contributed by atoms with Gasteiger partial charge in [-0.25, -0.2) is 0 Å². The summed E-state index contributed by atoms with van der Waals surface area (Å²) in [6, 6.07) is 0. The molecule has 154 valence electrons. The third-order valence-corrected chi connectivity index (χ3v) is 7.74. The van der Waals surface area contributed by atoms with Crippen LogP contribution in [0.5, 0.6) is 0 Å². The first kappa shape index (κ1) is 22.0. The standard InChI is InChI=1S/C23H38O4/c1-6-21(26)27-15-18-8-7-9-19-22(4,12-10-16(2)14-20(24)25)17(3)11-13-23(18,19)5/h8,16-17,19H,6-7,9-15H2,1-5H3,(H,24,25)/t16-,17+,19+,22-,23+/m1/s1. The minimum Gasteiger partial charge on any atom is -0.481 e. The maximum absolute atomic E-state index is 11.7. The van der Waals surface area contributed by atoms with Gasteiger partial charge in [0.2, 0.25) is 0 Å². The molecule has 1 saturated carbocycles. The Hall–Kier alpha value is -1.32. The molecule has 4 heteroatoms. The van der Waals surface area contributed by atoms with E-state index < -0.39 is 5.97 Å². The normalized spacial score (nSPS) is 34.3. The Bertz CT molecular complexity index is 581. The van der Waals surface area contributed by atoms with E-state index in [1.807, 2.05) is 6.92 Å². The molecular weight excluding hydrogens is 340 g/mol. The van der Waals surface area contributed by atoms with Crippen LogP contribution in [0.2, 0.25) is 0 Å². The zero-order chi connectivity index (χ0) is 20.2. The first-order valence-electron chi connectivity index (χ1n) is 10.7. The summed E-state index contributed by atoms with van der Waals surface area (Å²) in [5.74, 6) is 0.575. The molecule has 27 heavy (non-hydrogen) atoms. The number of aliphatic carboxylic acids is 1. The van der Waals surface area contributed by atoms with Crippen LogP contribution in [0.4, 0.5) is 0 Å². The second-order valence-corrected chi connectivity index (χ2v) is 9.48. The van der Waals surface area contributed by atoms with Crippen molar-refractivity contribution in [2.75, 3.05) is 6.61 Å². The lowest BCUT2D eigenvalue weighted by Gasteiger charge is -2.58. The molecule has 0 spiro atoms. The maximum atomic E-state index is 11.7. The van der Waals surface area contributed by atoms with Gasteiger partial charge in [-0.1, -0.05) is 40.7 Å². The molecule has 1 N–H and O–H groups in total. The Kier molecular flexibility index (Phi) is 7.15. The van der Waals surface area contributed by atoms with Crippen molar-refractivity contribution in [1.29, 1.82) is 0 Å². The van der Waals surface area contributed by atoms with E-state index >= 15 is 0 Å². The Morgan fingerprint density at radius 2 is 2.04 bits per heavy atom. The highest BCUT2D eigenvalue weighted by atomic mass is 16.5. The van der Waals surface area contributed by atoms with Crippen molar-refractivity contribution in [2.45, 2.75) is 86.0 Å². The Balaban J connectivity index is 2.16. The van der Waals surface area contributed by atoms with Gasteiger partial charge in [0, 0.05) is 12.8 Å². The molecule has 2 aliphatic rings. The molecule has 0 aromatic carbocycles. The molecule has 0 aromatic rings. The fourth-order valence-electron chi connectivity index (χ4n) is 5.64. The second kappa shape index (κ2) is 8.79. The average molecular weight is 379 g/mol. The van der Waals surface area contributed by atoms with Crippen LogP contribution in [0.3, 0.4) is 0 Å². The van der Waals surface area contributed by atoms with Crippen LogP contribution in [0.15, 0.2) is 11.6 Å². The van der Waals surface area contributed by atoms with Crippen molar-refractivity contribution in [3.63, 3.8) is 0 Å². The van der Waals surface area contributed by atoms with Crippen LogP contribution < -0.4 is 0 Å². The van der Waals surface area contributed by atoms with Crippen LogP contribution in [0.25, 0.3) is 0 Å². The van der Waals surface area contributed by atoms with E-state index in [0.717, 1.165) is 25.7 Å². The summed E-state index contributed by atoms with van der Waals surface area (Å²) >= 11 is 0. The number of ether oxygens (including phenoxy) is 1. The molecule has 4 nitrogen and oxygen atoms in total. The van der Waals surface area contributed by atoms with Crippen molar-refractivity contribution >= 4 is 11.9 Å². The van der Waals surface area contributed by atoms with E-state index in [-0.39, 0.29) is 29.1 Å². The van der Waals surface area contributed by atoms with Gasteiger partial charge in [-0.3, -0.25) is 9.59 Å². The number of allylic oxidation sites excluding steroid dienone is 1. The summed E-state index contributed by atoms with van der Waals surface area (Å²) in [6.07, 6.45) is 9.57. The summed E-state index contributed by atoms with van der Waals surface area (Å²) in [6.45, 7) is 11.5. The molecule has 2 rings (SSSR count). The SMILES string of the molecule is CCC(=O)OCC1=CCC[C@H]2[C@](C)(CC[C@@H](C)CC(=O)O)[C@@H](C)CC[C@@]12C. The number of carbonyl (C=O) groups excluding carboxylic acids is 1. The van der Waals surface area contributed by atoms with E-state index in [9.17, 15) is 9.59 Å². The topological polar surface area (TPSA) is 63.6 Å². The highest BCUT2D eigenvalue weighted by Crippen LogP contribution is 2.62. The van der Waals surface area contributed by atoms with Crippen LogP contribution in [-0.4, -0.2) is 23.7 Å². The Morgan fingerprint density at radius 1 is 1.33 bits per heavy atom. The number of hydrogen-bond acceptors (Lipinski definition) is 3. The van der Waals surface area contributed by atoms with E-state index in [1.165, 1.54) is 18.4 Å². The fourth-order valence-corrected chi connectivity index (χ4v) is 5.64. The van der Waals surface area contributed by atoms with Gasteiger partial charge in [0.1, 0.15) is 6.61 Å². The smallest absolute Gasteiger partial charge is 0.305 e. The van der Waals surface area contributed by atoms with Gasteiger partial charge in [0.05, 0.1) is 0 Å². The first-order valence-corrected chi connectivity index (χ1v) is 10.7. The van der Waals surface area contributed by atoms with E-state index in [1.54, 1.807) is 0 Å². The van der Waals surface area contributed by atoms with Gasteiger partial charge in [-0.15, -0.1) is 0 Å². The molecule has 0 saturated heterocycles. The number of carbonyl (C=O) groups is 2. The molecule has 0 heterocycles. The quantitative estimate of drug-likeness (QED) is 0.440. The number of hydrogen-bond donors (Lipinski definition) is 1. The summed E-state index contributed by atoms with van der Waals surface area (Å²) in [5.41, 5.74) is 1.59. The lowest BCUT2D eigenvalue weighted by Crippen LogP contribution is -2.50. The zero-order valence-electron chi connectivity index (χ0n) is 17.8. The monoisotopic (exact) mass is 378 g/mol. The average Bonchev–Trinajstić information content (AvgIpc) is 2.61. The van der Waals surface area contributed by atoms with Gasteiger partial charge >= 0.3 is 11.9 Å². The predicted octanol–water partition coefficient (Wildman–Crippen LogP) is 5.61. The van der Waals surface area contributed by atoms with Gasteiger partial charge in [-0.2, -0.15) is 0 Å². The third-order valence-electron chi connectivity index (χ3n) is 7.74. The van der Waals surface area contributed by atoms with Crippen LogP contribution >= 0.6 is 0 Å². The number of carboxylic acids is 1. The second-order valence-electron chi connectivity index (χ2n) is 9.48. The van der Waals surface area contributed by atoms with E-state index in [0.29, 0.717) is 24.9 Å². The first-order chi connectivity index (χ1) is 12.6. The van der Waals surface area contributed by atoms with Crippen molar-refractivity contribution in [2.24, 2.45) is 28.6 Å². The summed E-state index contributed by atoms with van der Waals surface area (Å²) in [5, 5.41) is 9.08. The summed E-state index contributed by atoms with van der Waals surface area (Å²) < 4.78 is 5.51. The lowest BCUT2D eigenvalue weighted by atomic mass is 9.46. The van der Waals surface area contributed by atoms with Gasteiger partial charge < -0.3 is 9.84 Å². The van der Waals surface area contributed by atoms with Crippen molar-refractivity contribution in [1.82, 2.24) is 0 Å². The van der Waals surface area contributed by atoms with E-state index in [2.05, 4.69) is 33.8 Å². The van der Waals surface area contributed by atoms with Crippen molar-refractivity contribution < 1.29 is 19.4 Å². The molecule has 0 aliphatic heterocycles. The van der Waals surface area contributed by atoms with Gasteiger partial charge in [-0.05, 0) is 72.7 Å². The molecule has 1 fully saturated rings. The van der Waals surface area contributed by atoms with Crippen molar-refractivity contribution in [3.8, 4) is 0 Å². The van der Waals surface area contributed by atoms with E-state index in [4.69, 9.17) is 9.84 Å². The number of carboxylic acid groups (broad SMARTS) is 1. The summed E-state index contributed by atoms with van der Waals surface area (Å²) in [4.78, 5) is 22.7. The molecule has 0 radical (unpaired) electrons. The molecule has 2 aliphatic carbocycles. The van der Waals surface area contributed by atoms with Crippen LogP contribution in [0.1, 0.15) is 86.0 Å².